The summed E-state index contributed by atoms with van der Waals surface area (Å²) in [6, 6.07) is 6.96. The van der Waals surface area contributed by atoms with E-state index in [-0.39, 0.29) is 11.0 Å². The fraction of sp³-hybridized carbons (Fsp3) is 0.400. The second-order valence-electron chi connectivity index (χ2n) is 5.27. The van der Waals surface area contributed by atoms with Gasteiger partial charge in [0, 0.05) is 24.7 Å². The van der Waals surface area contributed by atoms with E-state index >= 15 is 0 Å². The third kappa shape index (κ3) is 2.92. The van der Waals surface area contributed by atoms with Crippen molar-refractivity contribution in [1.82, 2.24) is 9.71 Å². The first-order chi connectivity index (χ1) is 10.1. The van der Waals surface area contributed by atoms with Crippen molar-refractivity contribution in [3.05, 3.63) is 36.0 Å². The molecule has 1 aromatic heterocycles. The molecule has 0 unspecified atom stereocenters. The highest BCUT2D eigenvalue weighted by Crippen LogP contribution is 2.24. The second-order valence-corrected chi connectivity index (χ2v) is 7.00. The van der Waals surface area contributed by atoms with E-state index in [0.717, 1.165) is 23.9 Å². The van der Waals surface area contributed by atoms with Crippen LogP contribution in [0.25, 0.3) is 10.9 Å². The number of aryl methyl sites for hydroxylation is 1. The minimum absolute atomic E-state index is 0.0189. The van der Waals surface area contributed by atoms with E-state index in [1.165, 1.54) is 0 Å². The Morgan fingerprint density at radius 1 is 1.38 bits per heavy atom. The molecule has 2 aromatic rings. The highest BCUT2D eigenvalue weighted by molar-refractivity contribution is 7.89. The number of ether oxygens (including phenoxy) is 1. The molecule has 3 rings (SSSR count). The van der Waals surface area contributed by atoms with Crippen LogP contribution in [0.3, 0.4) is 0 Å². The quantitative estimate of drug-likeness (QED) is 0.938. The van der Waals surface area contributed by atoms with E-state index in [2.05, 4.69) is 9.71 Å². The van der Waals surface area contributed by atoms with Crippen molar-refractivity contribution < 1.29 is 13.2 Å². The van der Waals surface area contributed by atoms with Gasteiger partial charge in [0.2, 0.25) is 10.0 Å². The average Bonchev–Trinajstić information content (AvgIpc) is 2.99. The van der Waals surface area contributed by atoms with Gasteiger partial charge in [-0.3, -0.25) is 4.98 Å². The second kappa shape index (κ2) is 5.71. The van der Waals surface area contributed by atoms with Gasteiger partial charge in [-0.05, 0) is 43.5 Å². The summed E-state index contributed by atoms with van der Waals surface area (Å²) in [5, 5.41) is 0.650. The fourth-order valence-electron chi connectivity index (χ4n) is 2.61. The number of hydrogen-bond acceptors (Lipinski definition) is 4. The summed E-state index contributed by atoms with van der Waals surface area (Å²) in [5.74, 6) is 0. The van der Waals surface area contributed by atoms with Gasteiger partial charge in [-0.2, -0.15) is 0 Å². The number of nitrogens with one attached hydrogen (secondary N) is 1. The van der Waals surface area contributed by atoms with Crippen LogP contribution in [-0.2, 0) is 14.8 Å². The molecule has 1 saturated heterocycles. The van der Waals surface area contributed by atoms with Gasteiger partial charge in [-0.15, -0.1) is 0 Å². The zero-order valence-corrected chi connectivity index (χ0v) is 12.7. The van der Waals surface area contributed by atoms with Gasteiger partial charge < -0.3 is 4.74 Å². The molecule has 0 bridgehead atoms. The topological polar surface area (TPSA) is 68.3 Å². The van der Waals surface area contributed by atoms with E-state index in [1.807, 2.05) is 6.92 Å². The third-order valence-corrected chi connectivity index (χ3v) is 5.23. The first-order valence-corrected chi connectivity index (χ1v) is 8.52. The molecule has 2 heterocycles. The molecule has 1 aliphatic rings. The third-order valence-electron chi connectivity index (χ3n) is 3.75. The summed E-state index contributed by atoms with van der Waals surface area (Å²) in [6.45, 7) is 2.95. The summed E-state index contributed by atoms with van der Waals surface area (Å²) >= 11 is 0. The maximum Gasteiger partial charge on any atom is 0.241 e. The summed E-state index contributed by atoms with van der Waals surface area (Å²) in [5.41, 5.74) is 1.68. The first kappa shape index (κ1) is 14.4. The number of rotatable bonds is 4. The molecule has 0 amide bonds. The standard InChI is InChI=1S/C15H18N2O3S/c1-11-6-7-14(13-5-2-8-16-15(11)13)21(18,19)17-10-12-4-3-9-20-12/h2,5-8,12,17H,3-4,9-10H2,1H3/t12-/m1/s1. The monoisotopic (exact) mass is 306 g/mol. The molecule has 0 spiro atoms. The number of fused-ring (bicyclic) bond motifs is 1. The minimum atomic E-state index is -3.56. The Morgan fingerprint density at radius 3 is 3.00 bits per heavy atom. The molecular weight excluding hydrogens is 288 g/mol. The van der Waals surface area contributed by atoms with Crippen LogP contribution in [0, 0.1) is 6.92 Å². The average molecular weight is 306 g/mol. The summed E-state index contributed by atoms with van der Waals surface area (Å²) in [7, 11) is -3.56. The van der Waals surface area contributed by atoms with Gasteiger partial charge in [0.05, 0.1) is 16.5 Å². The number of benzene rings is 1. The molecule has 112 valence electrons. The molecule has 1 fully saturated rings. The fourth-order valence-corrected chi connectivity index (χ4v) is 3.87. The van der Waals surface area contributed by atoms with Crippen molar-refractivity contribution in [3.63, 3.8) is 0 Å². The largest absolute Gasteiger partial charge is 0.377 e. The predicted octanol–water partition coefficient (Wildman–Crippen LogP) is 2.00. The van der Waals surface area contributed by atoms with Gasteiger partial charge in [-0.25, -0.2) is 13.1 Å². The van der Waals surface area contributed by atoms with Crippen molar-refractivity contribution >= 4 is 20.9 Å². The van der Waals surface area contributed by atoms with Crippen molar-refractivity contribution in [1.29, 1.82) is 0 Å². The van der Waals surface area contributed by atoms with Crippen LogP contribution in [0.4, 0.5) is 0 Å². The van der Waals surface area contributed by atoms with Gasteiger partial charge >= 0.3 is 0 Å². The van der Waals surface area contributed by atoms with Crippen molar-refractivity contribution in [2.24, 2.45) is 0 Å². The lowest BCUT2D eigenvalue weighted by molar-refractivity contribution is 0.114. The van der Waals surface area contributed by atoms with Crippen LogP contribution in [-0.4, -0.2) is 32.7 Å². The van der Waals surface area contributed by atoms with Crippen molar-refractivity contribution in [2.75, 3.05) is 13.2 Å². The van der Waals surface area contributed by atoms with E-state index in [0.29, 0.717) is 18.5 Å². The molecule has 21 heavy (non-hydrogen) atoms. The lowest BCUT2D eigenvalue weighted by atomic mass is 10.1. The maximum absolute atomic E-state index is 12.5. The molecule has 1 N–H and O–H groups in total. The van der Waals surface area contributed by atoms with Crippen LogP contribution in [0.1, 0.15) is 18.4 Å². The Bertz CT molecular complexity index is 753. The maximum atomic E-state index is 12.5. The van der Waals surface area contributed by atoms with E-state index in [9.17, 15) is 8.42 Å². The molecule has 1 aliphatic heterocycles. The van der Waals surface area contributed by atoms with E-state index in [1.54, 1.807) is 30.5 Å². The van der Waals surface area contributed by atoms with Crippen LogP contribution < -0.4 is 4.72 Å². The van der Waals surface area contributed by atoms with Gasteiger partial charge in [0.1, 0.15) is 0 Å². The Morgan fingerprint density at radius 2 is 2.24 bits per heavy atom. The van der Waals surface area contributed by atoms with Crippen LogP contribution in [0.5, 0.6) is 0 Å². The first-order valence-electron chi connectivity index (χ1n) is 7.03. The Hall–Kier alpha value is -1.50. The molecular formula is C15H18N2O3S. The van der Waals surface area contributed by atoms with Crippen LogP contribution in [0.2, 0.25) is 0 Å². The highest BCUT2D eigenvalue weighted by atomic mass is 32.2. The van der Waals surface area contributed by atoms with Crippen LogP contribution >= 0.6 is 0 Å². The smallest absolute Gasteiger partial charge is 0.241 e. The van der Waals surface area contributed by atoms with E-state index < -0.39 is 10.0 Å². The number of sulfonamides is 1. The molecule has 1 aromatic carbocycles. The highest BCUT2D eigenvalue weighted by Gasteiger charge is 2.22. The molecule has 0 radical (unpaired) electrons. The lowest BCUT2D eigenvalue weighted by Crippen LogP contribution is -2.32. The number of aromatic nitrogens is 1. The number of hydrogen-bond donors (Lipinski definition) is 1. The minimum Gasteiger partial charge on any atom is -0.377 e. The zero-order valence-electron chi connectivity index (χ0n) is 11.9. The number of pyridine rings is 1. The molecule has 5 nitrogen and oxygen atoms in total. The predicted molar refractivity (Wildman–Crippen MR) is 80.6 cm³/mol. The number of nitrogens with zero attached hydrogens (tertiary/aromatic N) is 1. The lowest BCUT2D eigenvalue weighted by Gasteiger charge is -2.13. The summed E-state index contributed by atoms with van der Waals surface area (Å²) in [4.78, 5) is 4.55. The summed E-state index contributed by atoms with van der Waals surface area (Å²) in [6.07, 6.45) is 3.54. The molecule has 1 atom stereocenters. The summed E-state index contributed by atoms with van der Waals surface area (Å²) < 4.78 is 33.1. The Balaban J connectivity index is 1.93. The Labute approximate surface area is 124 Å². The van der Waals surface area contributed by atoms with Crippen LogP contribution in [0.15, 0.2) is 35.4 Å². The zero-order chi connectivity index (χ0) is 14.9. The van der Waals surface area contributed by atoms with Gasteiger partial charge in [0.25, 0.3) is 0 Å². The van der Waals surface area contributed by atoms with Crippen molar-refractivity contribution in [2.45, 2.75) is 30.8 Å². The van der Waals surface area contributed by atoms with Gasteiger partial charge in [0.15, 0.2) is 0 Å². The normalized spacial score (nSPS) is 19.2. The Kier molecular flexibility index (Phi) is 3.93. The SMILES string of the molecule is Cc1ccc(S(=O)(=O)NC[C@H]2CCCO2)c2cccnc12. The molecule has 0 saturated carbocycles. The van der Waals surface area contributed by atoms with E-state index in [4.69, 9.17) is 4.74 Å². The van der Waals surface area contributed by atoms with Crippen molar-refractivity contribution in [3.8, 4) is 0 Å². The molecule has 0 aliphatic carbocycles. The van der Waals surface area contributed by atoms with Gasteiger partial charge in [-0.1, -0.05) is 6.07 Å². The molecule has 6 heteroatoms.